The van der Waals surface area contributed by atoms with E-state index < -0.39 is 0 Å². The molecule has 8 heteroatoms. The van der Waals surface area contributed by atoms with Crippen LogP contribution in [0.5, 0.6) is 0 Å². The summed E-state index contributed by atoms with van der Waals surface area (Å²) in [4.78, 5) is 29.6. The van der Waals surface area contributed by atoms with Crippen molar-refractivity contribution in [3.05, 3.63) is 67.1 Å². The molecule has 0 spiro atoms. The van der Waals surface area contributed by atoms with Crippen LogP contribution in [0.2, 0.25) is 0 Å². The number of aromatic nitrogens is 3. The van der Waals surface area contributed by atoms with Crippen LogP contribution >= 0.6 is 0 Å². The first-order chi connectivity index (χ1) is 14.3. The average molecular weight is 390 g/mol. The van der Waals surface area contributed by atoms with Gasteiger partial charge in [-0.25, -0.2) is 15.0 Å². The van der Waals surface area contributed by atoms with E-state index >= 15 is 0 Å². The molecule has 29 heavy (non-hydrogen) atoms. The van der Waals surface area contributed by atoms with E-state index in [2.05, 4.69) is 25.2 Å². The molecule has 0 unspecified atom stereocenters. The lowest BCUT2D eigenvalue weighted by Crippen LogP contribution is -2.41. The van der Waals surface area contributed by atoms with E-state index in [0.717, 1.165) is 18.8 Å². The molecule has 1 amide bonds. The summed E-state index contributed by atoms with van der Waals surface area (Å²) in [5.74, 6) is 1.14. The highest BCUT2D eigenvalue weighted by Crippen LogP contribution is 2.31. The van der Waals surface area contributed by atoms with Gasteiger partial charge in [0, 0.05) is 37.4 Å². The fourth-order valence-corrected chi connectivity index (χ4v) is 3.13. The maximum atomic E-state index is 12.5. The van der Waals surface area contributed by atoms with Crippen LogP contribution in [-0.2, 0) is 9.53 Å². The number of carbonyl (C=O) groups excluding carboxylic acids is 1. The normalized spacial score (nSPS) is 14.3. The quantitative estimate of drug-likeness (QED) is 0.693. The number of morpholine rings is 1. The van der Waals surface area contributed by atoms with E-state index in [0.29, 0.717) is 37.2 Å². The van der Waals surface area contributed by atoms with Crippen LogP contribution in [0.25, 0.3) is 0 Å². The van der Waals surface area contributed by atoms with Crippen LogP contribution in [-0.4, -0.2) is 58.6 Å². The minimum absolute atomic E-state index is 0.0515. The van der Waals surface area contributed by atoms with Gasteiger partial charge in [-0.3, -0.25) is 14.6 Å². The molecule has 1 fully saturated rings. The van der Waals surface area contributed by atoms with Gasteiger partial charge in [-0.1, -0.05) is 12.1 Å². The Morgan fingerprint density at radius 3 is 2.55 bits per heavy atom. The molecule has 4 rings (SSSR count). The predicted octanol–water partition coefficient (Wildman–Crippen LogP) is 2.61. The van der Waals surface area contributed by atoms with Crippen molar-refractivity contribution in [1.29, 1.82) is 0 Å². The molecule has 1 N–H and O–H groups in total. The topological polar surface area (TPSA) is 83.5 Å². The van der Waals surface area contributed by atoms with Crippen molar-refractivity contribution in [2.75, 3.05) is 43.1 Å². The first-order valence-electron chi connectivity index (χ1n) is 9.48. The van der Waals surface area contributed by atoms with Gasteiger partial charge in [0.2, 0.25) is 11.9 Å². The van der Waals surface area contributed by atoms with Crippen molar-refractivity contribution in [1.82, 2.24) is 19.9 Å². The van der Waals surface area contributed by atoms with Crippen LogP contribution in [0.1, 0.15) is 0 Å². The molecule has 1 saturated heterocycles. The van der Waals surface area contributed by atoms with E-state index in [4.69, 9.17) is 4.74 Å². The summed E-state index contributed by atoms with van der Waals surface area (Å²) < 4.78 is 5.33. The number of hydrogen-bond donors (Lipinski definition) is 1. The van der Waals surface area contributed by atoms with Crippen molar-refractivity contribution < 1.29 is 9.53 Å². The number of anilines is 4. The number of pyridine rings is 1. The van der Waals surface area contributed by atoms with Crippen LogP contribution < -0.4 is 10.2 Å². The van der Waals surface area contributed by atoms with Crippen LogP contribution in [0, 0.1) is 0 Å². The number of nitrogens with one attached hydrogen (secondary N) is 1. The summed E-state index contributed by atoms with van der Waals surface area (Å²) in [7, 11) is 0. The average Bonchev–Trinajstić information content (AvgIpc) is 2.76. The fraction of sp³-hybridized carbons (Fsp3) is 0.238. The second-order valence-electron chi connectivity index (χ2n) is 6.56. The third-order valence-corrected chi connectivity index (χ3v) is 4.49. The first-order valence-corrected chi connectivity index (χ1v) is 9.48. The molecule has 1 aromatic carbocycles. The second-order valence-corrected chi connectivity index (χ2v) is 6.56. The Balaban J connectivity index is 1.56. The zero-order valence-corrected chi connectivity index (χ0v) is 15.9. The van der Waals surface area contributed by atoms with Gasteiger partial charge in [-0.15, -0.1) is 0 Å². The van der Waals surface area contributed by atoms with Gasteiger partial charge < -0.3 is 10.1 Å². The molecule has 1 aliphatic heterocycles. The van der Waals surface area contributed by atoms with Crippen molar-refractivity contribution in [2.24, 2.45) is 0 Å². The number of ether oxygens (including phenoxy) is 1. The summed E-state index contributed by atoms with van der Waals surface area (Å²) >= 11 is 0. The number of amides is 1. The van der Waals surface area contributed by atoms with Crippen molar-refractivity contribution in [3.8, 4) is 0 Å². The van der Waals surface area contributed by atoms with Crippen LogP contribution in [0.4, 0.5) is 23.1 Å². The van der Waals surface area contributed by atoms with Crippen molar-refractivity contribution in [3.63, 3.8) is 0 Å². The van der Waals surface area contributed by atoms with E-state index in [-0.39, 0.29) is 5.91 Å². The van der Waals surface area contributed by atoms with E-state index in [9.17, 15) is 4.79 Å². The number of hydrogen-bond acceptors (Lipinski definition) is 7. The lowest BCUT2D eigenvalue weighted by atomic mass is 10.2. The fourth-order valence-electron chi connectivity index (χ4n) is 3.13. The van der Waals surface area contributed by atoms with E-state index in [1.54, 1.807) is 24.7 Å². The van der Waals surface area contributed by atoms with E-state index in [1.807, 2.05) is 47.4 Å². The Hall–Kier alpha value is -3.36. The molecule has 2 aromatic heterocycles. The minimum Gasteiger partial charge on any atom is -0.379 e. The third-order valence-electron chi connectivity index (χ3n) is 4.49. The summed E-state index contributed by atoms with van der Waals surface area (Å²) in [6.45, 7) is 3.22. The Labute approximate surface area is 169 Å². The highest BCUT2D eigenvalue weighted by atomic mass is 16.5. The Morgan fingerprint density at radius 1 is 1.00 bits per heavy atom. The second kappa shape index (κ2) is 9.22. The summed E-state index contributed by atoms with van der Waals surface area (Å²) in [6, 6.07) is 15.0. The van der Waals surface area contributed by atoms with Gasteiger partial charge >= 0.3 is 0 Å². The molecule has 8 nitrogen and oxygen atoms in total. The van der Waals surface area contributed by atoms with E-state index in [1.165, 1.54) is 0 Å². The van der Waals surface area contributed by atoms with Gasteiger partial charge in [0.05, 0.1) is 25.4 Å². The van der Waals surface area contributed by atoms with Gasteiger partial charge in [-0.2, -0.15) is 0 Å². The zero-order chi connectivity index (χ0) is 19.9. The molecule has 0 saturated carbocycles. The molecule has 0 aliphatic carbocycles. The Bertz CT molecular complexity index is 893. The molecule has 0 atom stereocenters. The molecule has 3 aromatic rings. The van der Waals surface area contributed by atoms with Crippen LogP contribution in [0.15, 0.2) is 67.1 Å². The van der Waals surface area contributed by atoms with Gasteiger partial charge in [0.15, 0.2) is 0 Å². The minimum atomic E-state index is -0.0515. The number of carbonyl (C=O) groups is 1. The SMILES string of the molecule is O=C(CN1CCOCC1)Nc1cccc(N(c2ccccn2)c2ncccn2)c1. The number of nitrogens with zero attached hydrogens (tertiary/aromatic N) is 5. The lowest BCUT2D eigenvalue weighted by Gasteiger charge is -2.26. The van der Waals surface area contributed by atoms with Gasteiger partial charge in [-0.05, 0) is 36.4 Å². The molecule has 0 radical (unpaired) electrons. The van der Waals surface area contributed by atoms with Gasteiger partial charge in [0.25, 0.3) is 0 Å². The number of rotatable bonds is 6. The predicted molar refractivity (Wildman–Crippen MR) is 110 cm³/mol. The maximum absolute atomic E-state index is 12.5. The standard InChI is InChI=1S/C21H22N6O2/c28-20(16-26-11-13-29-14-12-26)25-17-5-3-6-18(15-17)27(19-7-1-2-8-22-19)21-23-9-4-10-24-21/h1-10,15H,11-14,16H2,(H,25,28). The maximum Gasteiger partial charge on any atom is 0.238 e. The summed E-state index contributed by atoms with van der Waals surface area (Å²) in [5, 5.41) is 2.98. The van der Waals surface area contributed by atoms with Gasteiger partial charge in [0.1, 0.15) is 5.82 Å². The monoisotopic (exact) mass is 390 g/mol. The molecular formula is C21H22N6O2. The molecule has 1 aliphatic rings. The highest BCUT2D eigenvalue weighted by Gasteiger charge is 2.17. The highest BCUT2D eigenvalue weighted by molar-refractivity contribution is 5.93. The Morgan fingerprint density at radius 2 is 1.79 bits per heavy atom. The van der Waals surface area contributed by atoms with Crippen LogP contribution in [0.3, 0.4) is 0 Å². The van der Waals surface area contributed by atoms with Crippen molar-refractivity contribution in [2.45, 2.75) is 0 Å². The molecule has 3 heterocycles. The summed E-state index contributed by atoms with van der Waals surface area (Å²) in [5.41, 5.74) is 1.51. The van der Waals surface area contributed by atoms with Crippen molar-refractivity contribution >= 4 is 29.0 Å². The first kappa shape index (κ1) is 19.0. The molecule has 148 valence electrons. The number of benzene rings is 1. The zero-order valence-electron chi connectivity index (χ0n) is 15.9. The molecule has 0 bridgehead atoms. The summed E-state index contributed by atoms with van der Waals surface area (Å²) in [6.07, 6.45) is 5.09. The molecular weight excluding hydrogens is 368 g/mol. The smallest absolute Gasteiger partial charge is 0.238 e. The lowest BCUT2D eigenvalue weighted by molar-refractivity contribution is -0.118. The third kappa shape index (κ3) is 4.92. The Kier molecular flexibility index (Phi) is 6.04. The largest absolute Gasteiger partial charge is 0.379 e.